The summed E-state index contributed by atoms with van der Waals surface area (Å²) in [4.78, 5) is 26.3. The molecular formula is C20H38N6O2. The number of rotatable bonds is 4. The van der Waals surface area contributed by atoms with Gasteiger partial charge in [-0.05, 0) is 34.2 Å². The first-order valence-electron chi connectivity index (χ1n) is 10.8. The number of carbonyl (C=O) groups is 1. The molecule has 2 fully saturated rings. The van der Waals surface area contributed by atoms with Gasteiger partial charge in [0.25, 0.3) is 0 Å². The van der Waals surface area contributed by atoms with Crippen LogP contribution >= 0.6 is 0 Å². The molecule has 2 saturated heterocycles. The maximum absolute atomic E-state index is 12.3. The van der Waals surface area contributed by atoms with Crippen molar-refractivity contribution in [1.82, 2.24) is 24.9 Å². The Labute approximate surface area is 169 Å². The molecule has 0 saturated carbocycles. The number of hydrogen-bond donors (Lipinski definition) is 1. The van der Waals surface area contributed by atoms with Crippen molar-refractivity contribution in [2.24, 2.45) is 4.99 Å². The molecule has 0 aromatic rings. The minimum Gasteiger partial charge on any atom is -0.444 e. The zero-order valence-electron chi connectivity index (χ0n) is 18.3. The summed E-state index contributed by atoms with van der Waals surface area (Å²) in [7, 11) is 0. The van der Waals surface area contributed by atoms with Crippen molar-refractivity contribution in [3.63, 3.8) is 0 Å². The second-order valence-electron chi connectivity index (χ2n) is 9.14. The van der Waals surface area contributed by atoms with Crippen molar-refractivity contribution in [3.05, 3.63) is 0 Å². The Morgan fingerprint density at radius 1 is 1.21 bits per heavy atom. The van der Waals surface area contributed by atoms with E-state index in [2.05, 4.69) is 33.9 Å². The van der Waals surface area contributed by atoms with Gasteiger partial charge < -0.3 is 24.8 Å². The van der Waals surface area contributed by atoms with Crippen LogP contribution < -0.4 is 5.32 Å². The maximum Gasteiger partial charge on any atom is 0.410 e. The maximum atomic E-state index is 12.3. The number of guanidine groups is 1. The fourth-order valence-corrected chi connectivity index (χ4v) is 4.11. The van der Waals surface area contributed by atoms with Crippen LogP contribution in [0.4, 0.5) is 4.79 Å². The van der Waals surface area contributed by atoms with Crippen molar-refractivity contribution in [3.8, 4) is 0 Å². The van der Waals surface area contributed by atoms with E-state index in [1.54, 1.807) is 0 Å². The minimum absolute atomic E-state index is 0.214. The fourth-order valence-electron chi connectivity index (χ4n) is 4.11. The van der Waals surface area contributed by atoms with Gasteiger partial charge >= 0.3 is 6.09 Å². The first-order chi connectivity index (χ1) is 13.3. The number of likely N-dealkylation sites (N-methyl/N-ethyl adjacent to an activating group) is 1. The minimum atomic E-state index is -0.453. The monoisotopic (exact) mass is 394 g/mol. The standard InChI is InChI=1S/C20H38N6O2/c1-6-23-7-9-24(10-8-23)16(2)13-21-18-22-14-17-15-25(11-12-26(17)18)19(27)28-20(3,4)5/h16-17H,6-15H2,1-5H3,(H,21,22). The van der Waals surface area contributed by atoms with Crippen molar-refractivity contribution in [2.45, 2.75) is 52.3 Å². The van der Waals surface area contributed by atoms with Crippen LogP contribution in [0.1, 0.15) is 34.6 Å². The Hall–Kier alpha value is -1.54. The normalized spacial score (nSPS) is 25.3. The van der Waals surface area contributed by atoms with Crippen LogP contribution in [0.3, 0.4) is 0 Å². The number of ether oxygens (including phenoxy) is 1. The third-order valence-electron chi connectivity index (χ3n) is 5.89. The number of nitrogens with zero attached hydrogens (tertiary/aromatic N) is 5. The topological polar surface area (TPSA) is 63.6 Å². The lowest BCUT2D eigenvalue weighted by atomic mass is 10.2. The molecule has 8 nitrogen and oxygen atoms in total. The molecule has 3 rings (SSSR count). The Bertz CT molecular complexity index is 568. The molecule has 160 valence electrons. The number of carbonyl (C=O) groups excluding carboxylic acids is 1. The van der Waals surface area contributed by atoms with Crippen LogP contribution in [-0.2, 0) is 4.74 Å². The zero-order chi connectivity index (χ0) is 20.3. The smallest absolute Gasteiger partial charge is 0.410 e. The third-order valence-corrected chi connectivity index (χ3v) is 5.89. The summed E-state index contributed by atoms with van der Waals surface area (Å²) < 4.78 is 5.52. The lowest BCUT2D eigenvalue weighted by molar-refractivity contribution is 0.0137. The second kappa shape index (κ2) is 8.86. The van der Waals surface area contributed by atoms with E-state index < -0.39 is 5.60 Å². The highest BCUT2D eigenvalue weighted by Gasteiger charge is 2.36. The van der Waals surface area contributed by atoms with Crippen LogP contribution in [-0.4, -0.2) is 115 Å². The average Bonchev–Trinajstić information content (AvgIpc) is 3.07. The summed E-state index contributed by atoms with van der Waals surface area (Å²) in [5, 5.41) is 3.57. The first-order valence-corrected chi connectivity index (χ1v) is 10.8. The van der Waals surface area contributed by atoms with Crippen LogP contribution in [0, 0.1) is 0 Å². The molecule has 3 aliphatic heterocycles. The van der Waals surface area contributed by atoms with Gasteiger partial charge in [0.2, 0.25) is 0 Å². The Kier molecular flexibility index (Phi) is 6.70. The van der Waals surface area contributed by atoms with E-state index in [1.807, 2.05) is 25.7 Å². The number of hydrogen-bond acceptors (Lipinski definition) is 7. The molecule has 3 heterocycles. The lowest BCUT2D eigenvalue weighted by Gasteiger charge is -2.40. The van der Waals surface area contributed by atoms with Crippen molar-refractivity contribution in [2.75, 3.05) is 65.4 Å². The number of nitrogens with one attached hydrogen (secondary N) is 1. The van der Waals surface area contributed by atoms with E-state index in [4.69, 9.17) is 9.73 Å². The summed E-state index contributed by atoms with van der Waals surface area (Å²) >= 11 is 0. The quantitative estimate of drug-likeness (QED) is 0.764. The molecule has 0 spiro atoms. The number of fused-ring (bicyclic) bond motifs is 1. The van der Waals surface area contributed by atoms with E-state index in [-0.39, 0.29) is 12.1 Å². The number of aliphatic imine (C=N–C) groups is 1. The summed E-state index contributed by atoms with van der Waals surface area (Å²) in [6.45, 7) is 19.8. The second-order valence-corrected chi connectivity index (χ2v) is 9.14. The first kappa shape index (κ1) is 21.2. The molecule has 0 aliphatic carbocycles. The Morgan fingerprint density at radius 3 is 2.57 bits per heavy atom. The van der Waals surface area contributed by atoms with Crippen LogP contribution in [0.15, 0.2) is 4.99 Å². The fraction of sp³-hybridized carbons (Fsp3) is 0.900. The summed E-state index contributed by atoms with van der Waals surface area (Å²) in [5.74, 6) is 0.993. The van der Waals surface area contributed by atoms with E-state index >= 15 is 0 Å². The Morgan fingerprint density at radius 2 is 1.93 bits per heavy atom. The van der Waals surface area contributed by atoms with Crippen molar-refractivity contribution in [1.29, 1.82) is 0 Å². The predicted molar refractivity (Wildman–Crippen MR) is 112 cm³/mol. The van der Waals surface area contributed by atoms with Crippen LogP contribution in [0.5, 0.6) is 0 Å². The molecule has 0 aromatic carbocycles. The zero-order valence-corrected chi connectivity index (χ0v) is 18.3. The molecule has 8 heteroatoms. The molecule has 0 bridgehead atoms. The molecule has 3 aliphatic rings. The van der Waals surface area contributed by atoms with Crippen molar-refractivity contribution >= 4 is 12.1 Å². The third kappa shape index (κ3) is 5.29. The van der Waals surface area contributed by atoms with Gasteiger partial charge in [0, 0.05) is 58.4 Å². The van der Waals surface area contributed by atoms with Gasteiger partial charge in [0.15, 0.2) is 5.96 Å². The number of amides is 1. The summed E-state index contributed by atoms with van der Waals surface area (Å²) in [5.41, 5.74) is -0.453. The van der Waals surface area contributed by atoms with Crippen molar-refractivity contribution < 1.29 is 9.53 Å². The van der Waals surface area contributed by atoms with E-state index in [0.29, 0.717) is 19.1 Å². The molecule has 2 atom stereocenters. The highest BCUT2D eigenvalue weighted by molar-refractivity contribution is 5.82. The van der Waals surface area contributed by atoms with E-state index in [1.165, 1.54) is 0 Å². The SMILES string of the molecule is CCN1CCN(C(C)CNC2=NCC3CN(C(=O)OC(C)(C)C)CCN23)CC1. The van der Waals surface area contributed by atoms with Crippen LogP contribution in [0.2, 0.25) is 0 Å². The molecule has 2 unspecified atom stereocenters. The molecule has 1 amide bonds. The molecule has 1 N–H and O–H groups in total. The molecule has 28 heavy (non-hydrogen) atoms. The molecular weight excluding hydrogens is 356 g/mol. The van der Waals surface area contributed by atoms with E-state index in [0.717, 1.165) is 58.3 Å². The van der Waals surface area contributed by atoms with Gasteiger partial charge in [-0.15, -0.1) is 0 Å². The average molecular weight is 395 g/mol. The van der Waals surface area contributed by atoms with Crippen LogP contribution in [0.25, 0.3) is 0 Å². The van der Waals surface area contributed by atoms with Gasteiger partial charge in [-0.1, -0.05) is 6.92 Å². The van der Waals surface area contributed by atoms with E-state index in [9.17, 15) is 4.79 Å². The summed E-state index contributed by atoms with van der Waals surface area (Å²) in [6.07, 6.45) is -0.214. The van der Waals surface area contributed by atoms with Gasteiger partial charge in [-0.25, -0.2) is 4.79 Å². The summed E-state index contributed by atoms with van der Waals surface area (Å²) in [6, 6.07) is 0.746. The molecule has 0 radical (unpaired) electrons. The van der Waals surface area contributed by atoms with Gasteiger partial charge in [-0.2, -0.15) is 0 Å². The van der Waals surface area contributed by atoms with Gasteiger partial charge in [0.05, 0.1) is 12.6 Å². The Balaban J connectivity index is 1.43. The van der Waals surface area contributed by atoms with Gasteiger partial charge in [-0.3, -0.25) is 9.89 Å². The highest BCUT2D eigenvalue weighted by atomic mass is 16.6. The largest absolute Gasteiger partial charge is 0.444 e. The number of piperazine rings is 2. The molecule has 0 aromatic heterocycles. The lowest BCUT2D eigenvalue weighted by Crippen LogP contribution is -2.58. The highest BCUT2D eigenvalue weighted by Crippen LogP contribution is 2.18. The predicted octanol–water partition coefficient (Wildman–Crippen LogP) is 0.893. The van der Waals surface area contributed by atoms with Gasteiger partial charge in [0.1, 0.15) is 5.60 Å².